The Morgan fingerprint density at radius 1 is 1.00 bits per heavy atom. The van der Waals surface area contributed by atoms with E-state index in [0.29, 0.717) is 0 Å². The van der Waals surface area contributed by atoms with Gasteiger partial charge in [-0.3, -0.25) is 0 Å². The van der Waals surface area contributed by atoms with Gasteiger partial charge in [-0.15, -0.1) is 0 Å². The lowest BCUT2D eigenvalue weighted by Gasteiger charge is -2.14. The second kappa shape index (κ2) is 3.22. The fourth-order valence-electron chi connectivity index (χ4n) is 1.08. The molecule has 0 bridgehead atoms. The Balaban J connectivity index is 1.73. The van der Waals surface area contributed by atoms with Gasteiger partial charge in [0.15, 0.2) is 10.9 Å². The summed E-state index contributed by atoms with van der Waals surface area (Å²) in [6.07, 6.45) is 9.62. The van der Waals surface area contributed by atoms with Crippen molar-refractivity contribution in [1.82, 2.24) is 0 Å². The highest BCUT2D eigenvalue weighted by Crippen LogP contribution is 2.30. The molecule has 0 fully saturated rings. The van der Waals surface area contributed by atoms with Crippen LogP contribution in [0.15, 0.2) is 24.7 Å². The summed E-state index contributed by atoms with van der Waals surface area (Å²) in [5.74, 6) is 0. The highest BCUT2D eigenvalue weighted by molar-refractivity contribution is 8.00. The number of thioether (sulfide) groups is 1. The van der Waals surface area contributed by atoms with Crippen molar-refractivity contribution in [3.63, 3.8) is 0 Å². The highest BCUT2D eigenvalue weighted by Gasteiger charge is 2.20. The standard InChI is InChI=1S/C8H10O2S/c1-3-7(9-5-1)11-8-4-2-6-10-8/h1-2,5-8H,3-4H2. The Labute approximate surface area is 70.3 Å². The monoisotopic (exact) mass is 170 g/mol. The first-order chi connectivity index (χ1) is 5.45. The largest absolute Gasteiger partial charge is 0.487 e. The summed E-state index contributed by atoms with van der Waals surface area (Å²) in [5, 5.41) is 0. The molecule has 0 radical (unpaired) electrons. The summed E-state index contributed by atoms with van der Waals surface area (Å²) in [7, 11) is 0. The minimum absolute atomic E-state index is 0.278. The van der Waals surface area contributed by atoms with Gasteiger partial charge in [0.2, 0.25) is 0 Å². The van der Waals surface area contributed by atoms with Crippen LogP contribution < -0.4 is 0 Å². The summed E-state index contributed by atoms with van der Waals surface area (Å²) in [4.78, 5) is 0. The maximum atomic E-state index is 5.29. The summed E-state index contributed by atoms with van der Waals surface area (Å²) < 4.78 is 10.6. The van der Waals surface area contributed by atoms with E-state index in [9.17, 15) is 0 Å². The van der Waals surface area contributed by atoms with Crippen LogP contribution in [0.4, 0.5) is 0 Å². The van der Waals surface area contributed by atoms with E-state index in [1.165, 1.54) is 0 Å². The maximum absolute atomic E-state index is 5.29. The number of rotatable bonds is 2. The minimum atomic E-state index is 0.278. The molecular formula is C8H10O2S. The first kappa shape index (κ1) is 7.10. The van der Waals surface area contributed by atoms with Crippen LogP contribution >= 0.6 is 11.8 Å². The molecule has 0 spiro atoms. The van der Waals surface area contributed by atoms with E-state index in [2.05, 4.69) is 0 Å². The maximum Gasteiger partial charge on any atom is 0.150 e. The fourth-order valence-corrected chi connectivity index (χ4v) is 2.11. The van der Waals surface area contributed by atoms with Gasteiger partial charge in [0, 0.05) is 12.8 Å². The van der Waals surface area contributed by atoms with Crippen LogP contribution in [0.5, 0.6) is 0 Å². The molecule has 2 aliphatic rings. The summed E-state index contributed by atoms with van der Waals surface area (Å²) in [6.45, 7) is 0. The first-order valence-electron chi connectivity index (χ1n) is 3.71. The van der Waals surface area contributed by atoms with Crippen LogP contribution in [0.1, 0.15) is 12.8 Å². The Morgan fingerprint density at radius 2 is 1.55 bits per heavy atom. The zero-order chi connectivity index (χ0) is 7.52. The van der Waals surface area contributed by atoms with Crippen molar-refractivity contribution < 1.29 is 9.47 Å². The predicted octanol–water partition coefficient (Wildman–Crippen LogP) is 2.24. The van der Waals surface area contributed by atoms with E-state index < -0.39 is 0 Å². The van der Waals surface area contributed by atoms with Gasteiger partial charge in [-0.05, 0) is 12.2 Å². The van der Waals surface area contributed by atoms with E-state index in [-0.39, 0.29) is 10.9 Å². The van der Waals surface area contributed by atoms with E-state index in [0.717, 1.165) is 12.8 Å². The summed E-state index contributed by atoms with van der Waals surface area (Å²) >= 11 is 1.75. The second-order valence-corrected chi connectivity index (χ2v) is 3.81. The summed E-state index contributed by atoms with van der Waals surface area (Å²) in [6, 6.07) is 0. The minimum Gasteiger partial charge on any atom is -0.487 e. The van der Waals surface area contributed by atoms with Gasteiger partial charge in [-0.1, -0.05) is 11.8 Å². The molecule has 60 valence electrons. The molecule has 0 saturated carbocycles. The van der Waals surface area contributed by atoms with E-state index in [4.69, 9.17) is 9.47 Å². The lowest BCUT2D eigenvalue weighted by atomic mass is 10.5. The second-order valence-electron chi connectivity index (χ2n) is 2.48. The van der Waals surface area contributed by atoms with Gasteiger partial charge in [0.1, 0.15) is 0 Å². The van der Waals surface area contributed by atoms with Crippen molar-refractivity contribution in [2.75, 3.05) is 0 Å². The predicted molar refractivity (Wildman–Crippen MR) is 44.9 cm³/mol. The van der Waals surface area contributed by atoms with Crippen molar-refractivity contribution in [3.05, 3.63) is 24.7 Å². The molecule has 0 saturated heterocycles. The smallest absolute Gasteiger partial charge is 0.150 e. The molecule has 3 heteroatoms. The molecule has 2 nitrogen and oxygen atoms in total. The van der Waals surface area contributed by atoms with Crippen LogP contribution in [0.2, 0.25) is 0 Å². The zero-order valence-corrected chi connectivity index (χ0v) is 6.92. The van der Waals surface area contributed by atoms with Crippen LogP contribution in [-0.2, 0) is 9.47 Å². The van der Waals surface area contributed by atoms with Crippen LogP contribution in [0.25, 0.3) is 0 Å². The molecule has 2 aliphatic heterocycles. The van der Waals surface area contributed by atoms with E-state index >= 15 is 0 Å². The van der Waals surface area contributed by atoms with Gasteiger partial charge in [0.25, 0.3) is 0 Å². The number of ether oxygens (including phenoxy) is 2. The van der Waals surface area contributed by atoms with Crippen molar-refractivity contribution in [1.29, 1.82) is 0 Å². The van der Waals surface area contributed by atoms with Gasteiger partial charge in [0.05, 0.1) is 12.5 Å². The third-order valence-electron chi connectivity index (χ3n) is 1.61. The molecule has 2 rings (SSSR count). The highest BCUT2D eigenvalue weighted by atomic mass is 32.2. The third-order valence-corrected chi connectivity index (χ3v) is 2.83. The van der Waals surface area contributed by atoms with Crippen molar-refractivity contribution >= 4 is 11.8 Å². The molecule has 2 unspecified atom stereocenters. The third kappa shape index (κ3) is 1.71. The number of hydrogen-bond acceptors (Lipinski definition) is 3. The van der Waals surface area contributed by atoms with Crippen LogP contribution in [-0.4, -0.2) is 10.9 Å². The fraction of sp³-hybridized carbons (Fsp3) is 0.500. The summed E-state index contributed by atoms with van der Waals surface area (Å²) in [5.41, 5.74) is 0.555. The lowest BCUT2D eigenvalue weighted by molar-refractivity contribution is 0.225. The average molecular weight is 170 g/mol. The van der Waals surface area contributed by atoms with Gasteiger partial charge in [-0.25, -0.2) is 0 Å². The van der Waals surface area contributed by atoms with Gasteiger partial charge in [-0.2, -0.15) is 0 Å². The molecule has 0 amide bonds. The Kier molecular flexibility index (Phi) is 2.08. The number of hydrogen-bond donors (Lipinski definition) is 0. The van der Waals surface area contributed by atoms with Gasteiger partial charge < -0.3 is 9.47 Å². The van der Waals surface area contributed by atoms with E-state index in [1.807, 2.05) is 12.2 Å². The molecule has 2 atom stereocenters. The molecule has 0 aromatic carbocycles. The SMILES string of the molecule is C1=COC(SC2CC=CO2)C1. The normalized spacial score (nSPS) is 33.8. The molecule has 11 heavy (non-hydrogen) atoms. The zero-order valence-electron chi connectivity index (χ0n) is 6.10. The lowest BCUT2D eigenvalue weighted by Crippen LogP contribution is -2.07. The Morgan fingerprint density at radius 3 is 1.91 bits per heavy atom. The molecule has 0 N–H and O–H groups in total. The molecule has 0 aliphatic carbocycles. The molecular weight excluding hydrogens is 160 g/mol. The average Bonchev–Trinajstić information content (AvgIpc) is 2.60. The van der Waals surface area contributed by atoms with E-state index in [1.54, 1.807) is 24.3 Å². The first-order valence-corrected chi connectivity index (χ1v) is 4.66. The van der Waals surface area contributed by atoms with Crippen molar-refractivity contribution in [2.24, 2.45) is 0 Å². The Hall–Kier alpha value is -0.570. The molecule has 2 heterocycles. The molecule has 0 aromatic rings. The van der Waals surface area contributed by atoms with Crippen molar-refractivity contribution in [3.8, 4) is 0 Å². The quantitative estimate of drug-likeness (QED) is 0.633. The topological polar surface area (TPSA) is 18.5 Å². The molecule has 0 aromatic heterocycles. The Bertz CT molecular complexity index is 153. The van der Waals surface area contributed by atoms with Crippen LogP contribution in [0, 0.1) is 0 Å². The van der Waals surface area contributed by atoms with Crippen LogP contribution in [0.3, 0.4) is 0 Å². The van der Waals surface area contributed by atoms with Gasteiger partial charge >= 0.3 is 0 Å². The van der Waals surface area contributed by atoms with Crippen molar-refractivity contribution in [2.45, 2.75) is 23.7 Å².